The highest BCUT2D eigenvalue weighted by Gasteiger charge is 1.98. The average Bonchev–Trinajstić information content (AvgIpc) is 2.40. The lowest BCUT2D eigenvalue weighted by Gasteiger charge is -2.07. The van der Waals surface area contributed by atoms with E-state index < -0.39 is 0 Å². The van der Waals surface area contributed by atoms with Gasteiger partial charge in [0, 0.05) is 30.2 Å². The summed E-state index contributed by atoms with van der Waals surface area (Å²) in [5, 5.41) is 3.27. The van der Waals surface area contributed by atoms with E-state index in [0.29, 0.717) is 12.4 Å². The number of nitrogens with two attached hydrogens (primary N) is 1. The average molecular weight is 229 g/mol. The predicted molar refractivity (Wildman–Crippen MR) is 68.4 cm³/mol. The maximum atomic E-state index is 5.55. The Bertz CT molecular complexity index is 482. The number of nitrogens with zero attached hydrogens (tertiary/aromatic N) is 1. The number of hydrogen-bond donors (Lipinski definition) is 2. The Balaban J connectivity index is 2.13. The third-order valence-electron chi connectivity index (χ3n) is 2.42. The van der Waals surface area contributed by atoms with E-state index in [9.17, 15) is 0 Å². The van der Waals surface area contributed by atoms with Gasteiger partial charge in [0.2, 0.25) is 5.88 Å². The first-order valence-electron chi connectivity index (χ1n) is 5.38. The Labute approximate surface area is 100 Å². The molecule has 0 fully saturated rings. The zero-order valence-electron chi connectivity index (χ0n) is 9.68. The van der Waals surface area contributed by atoms with Gasteiger partial charge in [0.15, 0.2) is 0 Å². The highest BCUT2D eigenvalue weighted by molar-refractivity contribution is 5.60. The molecule has 0 radical (unpaired) electrons. The van der Waals surface area contributed by atoms with Crippen molar-refractivity contribution in [1.29, 1.82) is 0 Å². The Kier molecular flexibility index (Phi) is 3.57. The number of benzene rings is 1. The molecule has 0 saturated carbocycles. The van der Waals surface area contributed by atoms with E-state index >= 15 is 0 Å². The summed E-state index contributed by atoms with van der Waals surface area (Å²) in [6, 6.07) is 11.7. The van der Waals surface area contributed by atoms with Crippen molar-refractivity contribution in [3.63, 3.8) is 0 Å². The molecule has 0 spiro atoms. The van der Waals surface area contributed by atoms with E-state index in [0.717, 1.165) is 16.9 Å². The molecule has 0 bridgehead atoms. The van der Waals surface area contributed by atoms with Crippen LogP contribution in [-0.4, -0.2) is 12.1 Å². The summed E-state index contributed by atoms with van der Waals surface area (Å²) in [7, 11) is 1.60. The molecule has 0 amide bonds. The standard InChI is InChI=1S/C13H15N3O/c1-17-13-8-12(6-7-15-13)16-11-4-2-10(9-14)3-5-11/h2-8H,9,14H2,1H3,(H,15,16). The van der Waals surface area contributed by atoms with Crippen LogP contribution >= 0.6 is 0 Å². The monoisotopic (exact) mass is 229 g/mol. The number of pyridine rings is 1. The molecule has 0 aliphatic rings. The summed E-state index contributed by atoms with van der Waals surface area (Å²) >= 11 is 0. The van der Waals surface area contributed by atoms with Gasteiger partial charge in [0.1, 0.15) is 0 Å². The van der Waals surface area contributed by atoms with E-state index in [1.165, 1.54) is 0 Å². The number of methoxy groups -OCH3 is 1. The second-order valence-electron chi connectivity index (χ2n) is 3.61. The van der Waals surface area contributed by atoms with Crippen molar-refractivity contribution in [1.82, 2.24) is 4.98 Å². The maximum Gasteiger partial charge on any atom is 0.214 e. The summed E-state index contributed by atoms with van der Waals surface area (Å²) in [6.45, 7) is 0.559. The molecule has 17 heavy (non-hydrogen) atoms. The van der Waals surface area contributed by atoms with Crippen LogP contribution in [0.5, 0.6) is 5.88 Å². The first kappa shape index (κ1) is 11.4. The smallest absolute Gasteiger partial charge is 0.214 e. The minimum atomic E-state index is 0.559. The van der Waals surface area contributed by atoms with E-state index in [4.69, 9.17) is 10.5 Å². The molecule has 1 aromatic carbocycles. The number of rotatable bonds is 4. The van der Waals surface area contributed by atoms with Crippen LogP contribution in [0, 0.1) is 0 Å². The van der Waals surface area contributed by atoms with E-state index in [-0.39, 0.29) is 0 Å². The molecular weight excluding hydrogens is 214 g/mol. The molecule has 2 rings (SSSR count). The molecule has 0 unspecified atom stereocenters. The first-order chi connectivity index (χ1) is 8.31. The molecule has 0 saturated heterocycles. The summed E-state index contributed by atoms with van der Waals surface area (Å²) in [6.07, 6.45) is 1.70. The molecule has 4 heteroatoms. The van der Waals surface area contributed by atoms with Crippen molar-refractivity contribution >= 4 is 11.4 Å². The molecule has 1 aromatic heterocycles. The topological polar surface area (TPSA) is 60.2 Å². The Hall–Kier alpha value is -2.07. The maximum absolute atomic E-state index is 5.55. The Morgan fingerprint density at radius 3 is 2.59 bits per heavy atom. The number of anilines is 2. The van der Waals surface area contributed by atoms with Crippen molar-refractivity contribution in [3.05, 3.63) is 48.2 Å². The van der Waals surface area contributed by atoms with Gasteiger partial charge in [-0.05, 0) is 23.8 Å². The third kappa shape index (κ3) is 2.95. The fourth-order valence-electron chi connectivity index (χ4n) is 1.49. The van der Waals surface area contributed by atoms with E-state index in [2.05, 4.69) is 10.3 Å². The summed E-state index contributed by atoms with van der Waals surface area (Å²) in [5.41, 5.74) is 8.61. The van der Waals surface area contributed by atoms with Crippen LogP contribution in [0.25, 0.3) is 0 Å². The highest BCUT2D eigenvalue weighted by Crippen LogP contribution is 2.19. The molecule has 2 aromatic rings. The van der Waals surface area contributed by atoms with Gasteiger partial charge in [-0.1, -0.05) is 12.1 Å². The van der Waals surface area contributed by atoms with Gasteiger partial charge in [0.25, 0.3) is 0 Å². The van der Waals surface area contributed by atoms with Crippen LogP contribution in [-0.2, 0) is 6.54 Å². The summed E-state index contributed by atoms with van der Waals surface area (Å²) in [5.74, 6) is 0.591. The Morgan fingerprint density at radius 1 is 1.18 bits per heavy atom. The van der Waals surface area contributed by atoms with Gasteiger partial charge in [-0.3, -0.25) is 0 Å². The first-order valence-corrected chi connectivity index (χ1v) is 5.38. The highest BCUT2D eigenvalue weighted by atomic mass is 16.5. The van der Waals surface area contributed by atoms with Crippen LogP contribution in [0.2, 0.25) is 0 Å². The SMILES string of the molecule is COc1cc(Nc2ccc(CN)cc2)ccn1. The fraction of sp³-hybridized carbons (Fsp3) is 0.154. The quantitative estimate of drug-likeness (QED) is 0.844. The third-order valence-corrected chi connectivity index (χ3v) is 2.42. The Morgan fingerprint density at radius 2 is 1.94 bits per heavy atom. The van der Waals surface area contributed by atoms with Gasteiger partial charge < -0.3 is 15.8 Å². The molecule has 88 valence electrons. The second-order valence-corrected chi connectivity index (χ2v) is 3.61. The van der Waals surface area contributed by atoms with Crippen molar-refractivity contribution < 1.29 is 4.74 Å². The van der Waals surface area contributed by atoms with E-state index in [1.54, 1.807) is 13.3 Å². The minimum absolute atomic E-state index is 0.559. The number of nitrogens with one attached hydrogen (secondary N) is 1. The molecule has 3 N–H and O–H groups in total. The van der Waals surface area contributed by atoms with Gasteiger partial charge >= 0.3 is 0 Å². The van der Waals surface area contributed by atoms with Crippen LogP contribution < -0.4 is 15.8 Å². The fourth-order valence-corrected chi connectivity index (χ4v) is 1.49. The zero-order chi connectivity index (χ0) is 12.1. The van der Waals surface area contributed by atoms with Crippen molar-refractivity contribution in [2.24, 2.45) is 5.73 Å². The van der Waals surface area contributed by atoms with Crippen LogP contribution in [0.3, 0.4) is 0 Å². The van der Waals surface area contributed by atoms with Crippen LogP contribution in [0.15, 0.2) is 42.6 Å². The predicted octanol–water partition coefficient (Wildman–Crippen LogP) is 2.29. The molecule has 1 heterocycles. The van der Waals surface area contributed by atoms with E-state index in [1.807, 2.05) is 36.4 Å². The number of ether oxygens (including phenoxy) is 1. The summed E-state index contributed by atoms with van der Waals surface area (Å²) < 4.78 is 5.06. The van der Waals surface area contributed by atoms with Crippen molar-refractivity contribution in [2.45, 2.75) is 6.54 Å². The molecule has 0 atom stereocenters. The van der Waals surface area contributed by atoms with Gasteiger partial charge in [-0.15, -0.1) is 0 Å². The van der Waals surface area contributed by atoms with Crippen LogP contribution in [0.4, 0.5) is 11.4 Å². The minimum Gasteiger partial charge on any atom is -0.481 e. The molecule has 0 aliphatic heterocycles. The van der Waals surface area contributed by atoms with Gasteiger partial charge in [-0.2, -0.15) is 0 Å². The normalized spacial score (nSPS) is 10.0. The molecule has 4 nitrogen and oxygen atoms in total. The lowest BCUT2D eigenvalue weighted by atomic mass is 10.2. The number of hydrogen-bond acceptors (Lipinski definition) is 4. The second kappa shape index (κ2) is 5.32. The summed E-state index contributed by atoms with van der Waals surface area (Å²) in [4.78, 5) is 4.05. The molecule has 0 aliphatic carbocycles. The van der Waals surface area contributed by atoms with Gasteiger partial charge in [-0.25, -0.2) is 4.98 Å². The largest absolute Gasteiger partial charge is 0.481 e. The van der Waals surface area contributed by atoms with Crippen molar-refractivity contribution in [3.8, 4) is 5.88 Å². The number of aromatic nitrogens is 1. The van der Waals surface area contributed by atoms with Gasteiger partial charge in [0.05, 0.1) is 7.11 Å². The lowest BCUT2D eigenvalue weighted by molar-refractivity contribution is 0.398. The lowest BCUT2D eigenvalue weighted by Crippen LogP contribution is -1.97. The zero-order valence-corrected chi connectivity index (χ0v) is 9.68. The molecular formula is C13H15N3O. The van der Waals surface area contributed by atoms with Crippen molar-refractivity contribution in [2.75, 3.05) is 12.4 Å². The van der Waals surface area contributed by atoms with Crippen LogP contribution in [0.1, 0.15) is 5.56 Å².